The summed E-state index contributed by atoms with van der Waals surface area (Å²) in [6.45, 7) is 0.647. The Morgan fingerprint density at radius 3 is 2.75 bits per heavy atom. The zero-order valence-electron chi connectivity index (χ0n) is 6.45. The lowest BCUT2D eigenvalue weighted by atomic mass is 10.2. The molecule has 0 saturated heterocycles. The van der Waals surface area contributed by atoms with Crippen LogP contribution in [0.2, 0.25) is 0 Å². The molecule has 64 valence electrons. The fourth-order valence-corrected chi connectivity index (χ4v) is 1.11. The van der Waals surface area contributed by atoms with Gasteiger partial charge in [-0.25, -0.2) is 0 Å². The Labute approximate surface area is 70.0 Å². The van der Waals surface area contributed by atoms with Gasteiger partial charge in [0, 0.05) is 6.54 Å². The molecule has 1 aromatic rings. The third kappa shape index (κ3) is 1.47. The number of carbonyl (C=O) groups is 1. The number of rotatable bonds is 0. The van der Waals surface area contributed by atoms with E-state index in [9.17, 15) is 0 Å². The lowest BCUT2D eigenvalue weighted by Gasteiger charge is -1.93. The highest BCUT2D eigenvalue weighted by molar-refractivity contribution is 5.74. The number of benzene rings is 1. The highest BCUT2D eigenvalue weighted by Gasteiger charge is 2.09. The molecule has 1 aliphatic rings. The lowest BCUT2D eigenvalue weighted by molar-refractivity contribution is -0.122. The summed E-state index contributed by atoms with van der Waals surface area (Å²) in [6, 6.07) is 6.05. The van der Waals surface area contributed by atoms with Gasteiger partial charge in [-0.1, -0.05) is 12.1 Å². The van der Waals surface area contributed by atoms with Crippen LogP contribution in [0.1, 0.15) is 5.56 Å². The molecule has 0 unspecified atom stereocenters. The van der Waals surface area contributed by atoms with E-state index in [4.69, 9.17) is 15.6 Å². The zero-order valence-corrected chi connectivity index (χ0v) is 6.45. The number of hydrogen-bond donors (Lipinski definition) is 3. The normalized spacial score (nSPS) is 11.0. The van der Waals surface area contributed by atoms with Crippen molar-refractivity contribution in [2.24, 2.45) is 0 Å². The van der Waals surface area contributed by atoms with Gasteiger partial charge < -0.3 is 16.2 Å². The average molecular weight is 166 g/mol. The second-order valence-electron chi connectivity index (χ2n) is 2.34. The topological polar surface area (TPSA) is 75.3 Å². The summed E-state index contributed by atoms with van der Waals surface area (Å²) >= 11 is 0. The van der Waals surface area contributed by atoms with Crippen LogP contribution in [-0.2, 0) is 11.3 Å². The van der Waals surface area contributed by atoms with Gasteiger partial charge in [0.25, 0.3) is 6.47 Å². The van der Waals surface area contributed by atoms with Crippen LogP contribution in [0.3, 0.4) is 0 Å². The first kappa shape index (κ1) is 8.39. The minimum absolute atomic E-state index is 0.250. The van der Waals surface area contributed by atoms with Crippen molar-refractivity contribution in [1.82, 2.24) is 0 Å². The summed E-state index contributed by atoms with van der Waals surface area (Å²) in [7, 11) is 0. The fraction of sp³-hybridized carbons (Fsp3) is 0.125. The molecule has 0 atom stereocenters. The molecule has 4 nitrogen and oxygen atoms in total. The maximum atomic E-state index is 8.36. The second-order valence-corrected chi connectivity index (χ2v) is 2.34. The van der Waals surface area contributed by atoms with Crippen LogP contribution in [0.25, 0.3) is 0 Å². The van der Waals surface area contributed by atoms with Crippen LogP contribution >= 0.6 is 0 Å². The number of nitrogen functional groups attached to an aromatic ring is 1. The Bertz CT molecular complexity index is 264. The molecule has 1 aliphatic heterocycles. The van der Waals surface area contributed by atoms with Gasteiger partial charge in [0.1, 0.15) is 0 Å². The minimum Gasteiger partial charge on any atom is -0.483 e. The summed E-state index contributed by atoms with van der Waals surface area (Å²) < 4.78 is 0. The van der Waals surface area contributed by atoms with Crippen molar-refractivity contribution >= 4 is 17.8 Å². The number of para-hydroxylation sites is 1. The first-order valence-electron chi connectivity index (χ1n) is 3.48. The molecule has 0 aliphatic carbocycles. The third-order valence-corrected chi connectivity index (χ3v) is 1.67. The Morgan fingerprint density at radius 1 is 1.58 bits per heavy atom. The highest BCUT2D eigenvalue weighted by atomic mass is 16.3. The van der Waals surface area contributed by atoms with E-state index in [-0.39, 0.29) is 6.47 Å². The molecule has 1 aromatic carbocycles. The number of fused-ring (bicyclic) bond motifs is 2. The Hall–Kier alpha value is -1.71. The van der Waals surface area contributed by atoms with Gasteiger partial charge in [-0.2, -0.15) is 0 Å². The van der Waals surface area contributed by atoms with Crippen LogP contribution < -0.4 is 11.1 Å². The van der Waals surface area contributed by atoms with E-state index in [1.54, 1.807) is 0 Å². The van der Waals surface area contributed by atoms with E-state index in [1.807, 2.05) is 18.2 Å². The van der Waals surface area contributed by atoms with E-state index in [1.165, 1.54) is 5.56 Å². The van der Waals surface area contributed by atoms with Crippen molar-refractivity contribution in [3.05, 3.63) is 23.8 Å². The lowest BCUT2D eigenvalue weighted by Crippen LogP contribution is -1.85. The quantitative estimate of drug-likeness (QED) is 0.395. The Balaban J connectivity index is 0.000000213. The summed E-state index contributed by atoms with van der Waals surface area (Å²) in [5.74, 6) is 0. The smallest absolute Gasteiger partial charge is 0.290 e. The number of hydrogen-bond acceptors (Lipinski definition) is 3. The monoisotopic (exact) mass is 166 g/mol. The molecule has 4 heteroatoms. The zero-order chi connectivity index (χ0) is 8.97. The Kier molecular flexibility index (Phi) is 2.53. The highest BCUT2D eigenvalue weighted by Crippen LogP contribution is 2.28. The Morgan fingerprint density at radius 2 is 2.25 bits per heavy atom. The number of carboxylic acid groups (broad SMARTS) is 1. The predicted octanol–water partition coefficient (Wildman–Crippen LogP) is 0.895. The first-order valence-corrected chi connectivity index (χ1v) is 3.48. The molecule has 1 heterocycles. The summed E-state index contributed by atoms with van der Waals surface area (Å²) in [4.78, 5) is 8.36. The van der Waals surface area contributed by atoms with Gasteiger partial charge in [0.2, 0.25) is 0 Å². The van der Waals surface area contributed by atoms with Gasteiger partial charge in [-0.15, -0.1) is 0 Å². The van der Waals surface area contributed by atoms with Crippen LogP contribution in [-0.4, -0.2) is 11.6 Å². The largest absolute Gasteiger partial charge is 0.483 e. The van der Waals surface area contributed by atoms with Crippen molar-refractivity contribution in [3.63, 3.8) is 0 Å². The third-order valence-electron chi connectivity index (χ3n) is 1.67. The van der Waals surface area contributed by atoms with Crippen LogP contribution in [0.5, 0.6) is 0 Å². The van der Waals surface area contributed by atoms with Gasteiger partial charge in [-0.3, -0.25) is 4.79 Å². The van der Waals surface area contributed by atoms with Crippen molar-refractivity contribution in [2.75, 3.05) is 11.1 Å². The molecule has 2 rings (SSSR count). The van der Waals surface area contributed by atoms with Crippen LogP contribution in [0.4, 0.5) is 11.4 Å². The molecule has 0 spiro atoms. The van der Waals surface area contributed by atoms with E-state index in [2.05, 4.69) is 5.32 Å². The molecule has 0 radical (unpaired) electrons. The molecular weight excluding hydrogens is 156 g/mol. The summed E-state index contributed by atoms with van der Waals surface area (Å²) in [6.07, 6.45) is 0. The van der Waals surface area contributed by atoms with Gasteiger partial charge in [0.05, 0.1) is 11.4 Å². The standard InChI is InChI=1S/C7H8N2.CH2O2/c8-7-5-2-1-3-6(7)9-4-5;2-1-3/h1-3,9H,4,8H2;1H,(H,2,3). The first-order chi connectivity index (χ1) is 5.79. The van der Waals surface area contributed by atoms with Crippen molar-refractivity contribution in [1.29, 1.82) is 0 Å². The molecule has 0 fully saturated rings. The van der Waals surface area contributed by atoms with Crippen molar-refractivity contribution < 1.29 is 9.90 Å². The van der Waals surface area contributed by atoms with E-state index < -0.39 is 0 Å². The van der Waals surface area contributed by atoms with Crippen LogP contribution in [0, 0.1) is 0 Å². The van der Waals surface area contributed by atoms with E-state index >= 15 is 0 Å². The maximum absolute atomic E-state index is 8.36. The average Bonchev–Trinajstić information content (AvgIpc) is 2.32. The molecule has 0 aromatic heterocycles. The molecule has 0 amide bonds. The molecule has 2 bridgehead atoms. The number of nitrogens with one attached hydrogen (secondary N) is 1. The minimum atomic E-state index is -0.250. The predicted molar refractivity (Wildman–Crippen MR) is 46.9 cm³/mol. The number of anilines is 2. The molecule has 12 heavy (non-hydrogen) atoms. The van der Waals surface area contributed by atoms with Gasteiger partial charge in [-0.05, 0) is 11.6 Å². The molecule has 4 N–H and O–H groups in total. The van der Waals surface area contributed by atoms with Gasteiger partial charge in [0.15, 0.2) is 0 Å². The van der Waals surface area contributed by atoms with Crippen LogP contribution in [0.15, 0.2) is 18.2 Å². The second kappa shape index (κ2) is 3.61. The van der Waals surface area contributed by atoms with Crippen molar-refractivity contribution in [2.45, 2.75) is 6.54 Å². The maximum Gasteiger partial charge on any atom is 0.290 e. The van der Waals surface area contributed by atoms with E-state index in [0.29, 0.717) is 0 Å². The fourth-order valence-electron chi connectivity index (χ4n) is 1.11. The van der Waals surface area contributed by atoms with Crippen molar-refractivity contribution in [3.8, 4) is 0 Å². The van der Waals surface area contributed by atoms with E-state index in [0.717, 1.165) is 17.9 Å². The SMILES string of the molecule is Nc1c2cccc1NC2.O=CO. The molecule has 0 saturated carbocycles. The van der Waals surface area contributed by atoms with Gasteiger partial charge >= 0.3 is 0 Å². The summed E-state index contributed by atoms with van der Waals surface area (Å²) in [5, 5.41) is 10.1. The molecular formula is C8H10N2O2. The summed E-state index contributed by atoms with van der Waals surface area (Å²) in [5.41, 5.74) is 8.89. The number of nitrogens with two attached hydrogens (primary N) is 1.